The van der Waals surface area contributed by atoms with E-state index in [-0.39, 0.29) is 6.04 Å². The Kier molecular flexibility index (Phi) is 4.90. The monoisotopic (exact) mass is 412 g/mol. The van der Waals surface area contributed by atoms with Gasteiger partial charge in [0.25, 0.3) is 0 Å². The highest BCUT2D eigenvalue weighted by molar-refractivity contribution is 7.07. The van der Waals surface area contributed by atoms with Gasteiger partial charge in [-0.15, -0.1) is 11.3 Å². The molecule has 3 atom stereocenters. The molecule has 2 aliphatic rings. The van der Waals surface area contributed by atoms with Crippen molar-refractivity contribution >= 4 is 23.2 Å². The number of alkyl halides is 3. The van der Waals surface area contributed by atoms with Gasteiger partial charge in [-0.2, -0.15) is 13.2 Å². The van der Waals surface area contributed by atoms with Gasteiger partial charge in [0.05, 0.1) is 10.9 Å². The first-order valence-corrected chi connectivity index (χ1v) is 9.87. The van der Waals surface area contributed by atoms with E-state index in [1.807, 2.05) is 4.90 Å². The largest absolute Gasteiger partial charge is 0.433 e. The number of aromatic nitrogens is 2. The fourth-order valence-electron chi connectivity index (χ4n) is 4.09. The second-order valence-electron chi connectivity index (χ2n) is 7.23. The molecule has 10 heteroatoms. The summed E-state index contributed by atoms with van der Waals surface area (Å²) in [6, 6.07) is 4.05. The first-order chi connectivity index (χ1) is 13.3. The molecule has 1 aliphatic heterocycles. The lowest BCUT2D eigenvalue weighted by molar-refractivity contribution is -0.141. The molecule has 0 bridgehead atoms. The molecule has 1 aliphatic carbocycles. The summed E-state index contributed by atoms with van der Waals surface area (Å²) in [5.41, 5.74) is 0.725. The quantitative estimate of drug-likeness (QED) is 0.765. The van der Waals surface area contributed by atoms with Crippen LogP contribution in [0.15, 0.2) is 29.1 Å². The van der Waals surface area contributed by atoms with Gasteiger partial charge in [0.15, 0.2) is 0 Å². The molecule has 0 N–H and O–H groups in total. The van der Waals surface area contributed by atoms with Crippen LogP contribution in [0.2, 0.25) is 0 Å². The number of anilines is 1. The van der Waals surface area contributed by atoms with E-state index in [1.54, 1.807) is 28.9 Å². The lowest BCUT2D eigenvalue weighted by Crippen LogP contribution is -2.38. The first-order valence-electron chi connectivity index (χ1n) is 8.93. The summed E-state index contributed by atoms with van der Waals surface area (Å²) in [7, 11) is 1.71. The van der Waals surface area contributed by atoms with Crippen molar-refractivity contribution in [1.82, 2.24) is 14.9 Å². The average Bonchev–Trinajstić information content (AvgIpc) is 3.36. The molecule has 2 fully saturated rings. The summed E-state index contributed by atoms with van der Waals surface area (Å²) in [6.45, 7) is 1.29. The summed E-state index contributed by atoms with van der Waals surface area (Å²) in [6.07, 6.45) is -3.30. The maximum atomic E-state index is 12.9. The van der Waals surface area contributed by atoms with Crippen LogP contribution in [0.3, 0.4) is 0 Å². The molecule has 1 amide bonds. The van der Waals surface area contributed by atoms with Crippen molar-refractivity contribution in [3.63, 3.8) is 0 Å². The van der Waals surface area contributed by atoms with E-state index < -0.39 is 18.0 Å². The first kappa shape index (κ1) is 19.0. The Bertz CT molecular complexity index is 832. The molecular weight excluding hydrogens is 393 g/mol. The van der Waals surface area contributed by atoms with Crippen LogP contribution in [0.4, 0.5) is 23.8 Å². The zero-order chi connectivity index (χ0) is 19.9. The van der Waals surface area contributed by atoms with Crippen LogP contribution in [0.25, 0.3) is 0 Å². The predicted molar refractivity (Wildman–Crippen MR) is 97.4 cm³/mol. The molecule has 6 nitrogen and oxygen atoms in total. The van der Waals surface area contributed by atoms with E-state index in [0.717, 1.165) is 18.9 Å². The fourth-order valence-corrected chi connectivity index (χ4v) is 4.54. The fraction of sp³-hybridized carbons (Fsp3) is 0.500. The number of halogens is 3. The average molecular weight is 412 g/mol. The Hall–Kier alpha value is -2.36. The standard InChI is InChI=1S/C18H19F3N4O2S/c1-24(17(26)27-16-9-28-10-22-16)13-5-11-7-25(8-12(11)6-13)15-4-2-3-14(23-15)18(19,20)21/h2-4,9-13H,5-8H2,1H3/t11-,12+,13?. The number of ether oxygens (including phenoxy) is 1. The number of carbonyl (C=O) groups is 1. The molecule has 0 spiro atoms. The second-order valence-corrected chi connectivity index (χ2v) is 7.95. The number of nitrogens with zero attached hydrogens (tertiary/aromatic N) is 4. The minimum Gasteiger partial charge on any atom is -0.390 e. The van der Waals surface area contributed by atoms with Gasteiger partial charge in [-0.1, -0.05) is 6.07 Å². The number of hydrogen-bond acceptors (Lipinski definition) is 6. The molecule has 1 unspecified atom stereocenters. The minimum atomic E-state index is -4.45. The van der Waals surface area contributed by atoms with Gasteiger partial charge in [0, 0.05) is 26.2 Å². The van der Waals surface area contributed by atoms with Gasteiger partial charge in [-0.05, 0) is 36.8 Å². The third-order valence-corrected chi connectivity index (χ3v) is 6.08. The maximum Gasteiger partial charge on any atom is 0.433 e. The van der Waals surface area contributed by atoms with Crippen LogP contribution in [0.1, 0.15) is 18.5 Å². The highest BCUT2D eigenvalue weighted by Gasteiger charge is 2.44. The van der Waals surface area contributed by atoms with Crippen molar-refractivity contribution in [2.24, 2.45) is 11.8 Å². The lowest BCUT2D eigenvalue weighted by atomic mass is 10.0. The van der Waals surface area contributed by atoms with Gasteiger partial charge in [-0.25, -0.2) is 14.8 Å². The van der Waals surface area contributed by atoms with Gasteiger partial charge in [0.2, 0.25) is 5.88 Å². The molecular formula is C18H19F3N4O2S. The maximum absolute atomic E-state index is 12.9. The van der Waals surface area contributed by atoms with E-state index in [2.05, 4.69) is 9.97 Å². The summed E-state index contributed by atoms with van der Waals surface area (Å²) in [4.78, 5) is 23.5. The van der Waals surface area contributed by atoms with Crippen molar-refractivity contribution in [3.8, 4) is 5.88 Å². The smallest absolute Gasteiger partial charge is 0.390 e. The zero-order valence-corrected chi connectivity index (χ0v) is 15.9. The van der Waals surface area contributed by atoms with Crippen molar-refractivity contribution < 1.29 is 22.7 Å². The predicted octanol–water partition coefficient (Wildman–Crippen LogP) is 3.90. The van der Waals surface area contributed by atoms with Crippen molar-refractivity contribution in [1.29, 1.82) is 0 Å². The van der Waals surface area contributed by atoms with Crippen LogP contribution in [-0.4, -0.2) is 47.1 Å². The van der Waals surface area contributed by atoms with Crippen LogP contribution in [0.5, 0.6) is 5.88 Å². The third kappa shape index (κ3) is 3.78. The van der Waals surface area contributed by atoms with Crippen LogP contribution < -0.4 is 9.64 Å². The molecule has 0 aromatic carbocycles. The second kappa shape index (κ2) is 7.23. The van der Waals surface area contributed by atoms with E-state index in [4.69, 9.17) is 4.74 Å². The van der Waals surface area contributed by atoms with Gasteiger partial charge in [0.1, 0.15) is 11.5 Å². The number of amides is 1. The Morgan fingerprint density at radius 2 is 2.00 bits per heavy atom. The van der Waals surface area contributed by atoms with Crippen molar-refractivity contribution in [2.45, 2.75) is 25.1 Å². The number of fused-ring (bicyclic) bond motifs is 1. The van der Waals surface area contributed by atoms with E-state index in [9.17, 15) is 18.0 Å². The molecule has 3 heterocycles. The number of hydrogen-bond donors (Lipinski definition) is 0. The molecule has 4 rings (SSSR count). The van der Waals surface area contributed by atoms with Gasteiger partial charge in [-0.3, -0.25) is 0 Å². The molecule has 28 heavy (non-hydrogen) atoms. The SMILES string of the molecule is CN(C(=O)Oc1cscn1)C1C[C@@H]2CN(c3cccc(C(F)(F)F)n3)C[C@@H]2C1. The molecule has 2 aromatic rings. The van der Waals surface area contributed by atoms with E-state index in [1.165, 1.54) is 17.4 Å². The number of thiazole rings is 1. The van der Waals surface area contributed by atoms with E-state index in [0.29, 0.717) is 36.6 Å². The van der Waals surface area contributed by atoms with Crippen LogP contribution in [-0.2, 0) is 6.18 Å². The molecule has 150 valence electrons. The topological polar surface area (TPSA) is 58.6 Å². The molecule has 1 saturated carbocycles. The summed E-state index contributed by atoms with van der Waals surface area (Å²) < 4.78 is 44.0. The minimum absolute atomic E-state index is 0.0535. The normalized spacial score (nSPS) is 24.3. The zero-order valence-electron chi connectivity index (χ0n) is 15.1. The summed E-state index contributed by atoms with van der Waals surface area (Å²) >= 11 is 1.35. The van der Waals surface area contributed by atoms with Gasteiger partial charge >= 0.3 is 12.3 Å². The van der Waals surface area contributed by atoms with Crippen LogP contribution >= 0.6 is 11.3 Å². The highest BCUT2D eigenvalue weighted by Crippen LogP contribution is 2.41. The molecule has 0 radical (unpaired) electrons. The summed E-state index contributed by atoms with van der Waals surface area (Å²) in [5, 5.41) is 1.66. The number of rotatable bonds is 3. The highest BCUT2D eigenvalue weighted by atomic mass is 32.1. The Morgan fingerprint density at radius 3 is 2.61 bits per heavy atom. The number of pyridine rings is 1. The van der Waals surface area contributed by atoms with Crippen LogP contribution in [0, 0.1) is 11.8 Å². The lowest BCUT2D eigenvalue weighted by Gasteiger charge is -2.26. The Labute approximate surface area is 163 Å². The molecule has 2 aromatic heterocycles. The van der Waals surface area contributed by atoms with Crippen molar-refractivity contribution in [3.05, 3.63) is 34.8 Å². The summed E-state index contributed by atoms with van der Waals surface area (Å²) in [5.74, 6) is 1.28. The Balaban J connectivity index is 1.36. The van der Waals surface area contributed by atoms with E-state index >= 15 is 0 Å². The number of carbonyl (C=O) groups excluding carboxylic acids is 1. The van der Waals surface area contributed by atoms with Crippen molar-refractivity contribution in [2.75, 3.05) is 25.0 Å². The van der Waals surface area contributed by atoms with Gasteiger partial charge < -0.3 is 14.5 Å². The molecule has 1 saturated heterocycles. The Morgan fingerprint density at radius 1 is 1.29 bits per heavy atom. The third-order valence-electron chi connectivity index (χ3n) is 5.51.